The van der Waals surface area contributed by atoms with Gasteiger partial charge in [0.2, 0.25) is 5.91 Å². The van der Waals surface area contributed by atoms with Crippen LogP contribution < -0.4 is 5.32 Å². The van der Waals surface area contributed by atoms with E-state index in [2.05, 4.69) is 17.1 Å². The standard InChI is InChI=1S/C11H20N2OS/c1-2-9-4-3-5-13(6-9)11(14)10-7-15-8-12-10/h9-10,12H,2-8H2,1H3. The van der Waals surface area contributed by atoms with E-state index in [1.165, 1.54) is 19.3 Å². The van der Waals surface area contributed by atoms with Crippen LogP contribution in [0, 0.1) is 5.92 Å². The van der Waals surface area contributed by atoms with Crippen molar-refractivity contribution in [3.8, 4) is 0 Å². The minimum absolute atomic E-state index is 0.0885. The summed E-state index contributed by atoms with van der Waals surface area (Å²) in [6.07, 6.45) is 3.69. The summed E-state index contributed by atoms with van der Waals surface area (Å²) in [5.74, 6) is 2.95. The quantitative estimate of drug-likeness (QED) is 0.773. The first kappa shape index (κ1) is 11.3. The molecule has 2 unspecified atom stereocenters. The zero-order chi connectivity index (χ0) is 10.7. The van der Waals surface area contributed by atoms with Gasteiger partial charge >= 0.3 is 0 Å². The molecule has 0 spiro atoms. The van der Waals surface area contributed by atoms with Crippen molar-refractivity contribution in [1.82, 2.24) is 10.2 Å². The molecule has 3 nitrogen and oxygen atoms in total. The zero-order valence-corrected chi connectivity index (χ0v) is 10.2. The molecule has 2 aliphatic rings. The Morgan fingerprint density at radius 1 is 1.60 bits per heavy atom. The van der Waals surface area contributed by atoms with Gasteiger partial charge in [-0.05, 0) is 18.8 Å². The average Bonchev–Trinajstić information content (AvgIpc) is 2.81. The maximum atomic E-state index is 12.1. The highest BCUT2D eigenvalue weighted by Crippen LogP contribution is 2.21. The highest BCUT2D eigenvalue weighted by atomic mass is 32.2. The molecule has 0 saturated carbocycles. The number of thioether (sulfide) groups is 1. The van der Waals surface area contributed by atoms with Gasteiger partial charge in [0.05, 0.1) is 6.04 Å². The fourth-order valence-electron chi connectivity index (χ4n) is 2.37. The number of nitrogens with one attached hydrogen (secondary N) is 1. The number of rotatable bonds is 2. The van der Waals surface area contributed by atoms with Crippen LogP contribution in [0.1, 0.15) is 26.2 Å². The summed E-state index contributed by atoms with van der Waals surface area (Å²) in [7, 11) is 0. The van der Waals surface area contributed by atoms with Crippen LogP contribution in [0.5, 0.6) is 0 Å². The molecule has 0 aliphatic carbocycles. The number of hydrogen-bond acceptors (Lipinski definition) is 3. The van der Waals surface area contributed by atoms with Crippen LogP contribution in [-0.4, -0.2) is 41.6 Å². The van der Waals surface area contributed by atoms with Crippen molar-refractivity contribution in [2.45, 2.75) is 32.2 Å². The molecule has 1 amide bonds. The van der Waals surface area contributed by atoms with Gasteiger partial charge in [-0.1, -0.05) is 13.3 Å². The SMILES string of the molecule is CCC1CCCN(C(=O)C2CSCN2)C1. The van der Waals surface area contributed by atoms with Gasteiger partial charge < -0.3 is 4.90 Å². The summed E-state index contributed by atoms with van der Waals surface area (Å²) in [6.45, 7) is 4.18. The first-order valence-corrected chi connectivity index (χ1v) is 7.06. The Balaban J connectivity index is 1.88. The maximum Gasteiger partial charge on any atom is 0.240 e. The number of hydrogen-bond donors (Lipinski definition) is 1. The predicted molar refractivity (Wildman–Crippen MR) is 63.8 cm³/mol. The molecule has 2 saturated heterocycles. The third kappa shape index (κ3) is 2.67. The number of likely N-dealkylation sites (tertiary alicyclic amines) is 1. The largest absolute Gasteiger partial charge is 0.341 e. The molecule has 2 rings (SSSR count). The fraction of sp³-hybridized carbons (Fsp3) is 0.909. The number of nitrogens with zero attached hydrogens (tertiary/aromatic N) is 1. The van der Waals surface area contributed by atoms with Crippen LogP contribution in [0.2, 0.25) is 0 Å². The molecule has 1 N–H and O–H groups in total. The van der Waals surface area contributed by atoms with Crippen molar-refractivity contribution in [3.05, 3.63) is 0 Å². The highest BCUT2D eigenvalue weighted by molar-refractivity contribution is 7.99. The van der Waals surface area contributed by atoms with E-state index in [4.69, 9.17) is 0 Å². The molecule has 0 bridgehead atoms. The Labute approximate surface area is 96.0 Å². The van der Waals surface area contributed by atoms with Gasteiger partial charge in [-0.3, -0.25) is 10.1 Å². The van der Waals surface area contributed by atoms with Crippen molar-refractivity contribution in [3.63, 3.8) is 0 Å². The number of piperidine rings is 1. The summed E-state index contributed by atoms with van der Waals surface area (Å²) in [4.78, 5) is 14.2. The van der Waals surface area contributed by atoms with Gasteiger partial charge in [-0.25, -0.2) is 0 Å². The Bertz CT molecular complexity index is 229. The molecule has 2 atom stereocenters. The molecule has 2 heterocycles. The van der Waals surface area contributed by atoms with Crippen molar-refractivity contribution in [1.29, 1.82) is 0 Å². The van der Waals surface area contributed by atoms with Gasteiger partial charge in [-0.2, -0.15) is 0 Å². The molecule has 0 aromatic rings. The van der Waals surface area contributed by atoms with E-state index < -0.39 is 0 Å². The van der Waals surface area contributed by atoms with Crippen LogP contribution in [0.3, 0.4) is 0 Å². The lowest BCUT2D eigenvalue weighted by atomic mass is 9.95. The first-order valence-electron chi connectivity index (χ1n) is 5.91. The lowest BCUT2D eigenvalue weighted by Crippen LogP contribution is -2.48. The second-order valence-corrected chi connectivity index (χ2v) is 5.50. The number of amides is 1. The molecule has 86 valence electrons. The second kappa shape index (κ2) is 5.21. The average molecular weight is 228 g/mol. The van der Waals surface area contributed by atoms with Crippen LogP contribution in [0.15, 0.2) is 0 Å². The van der Waals surface area contributed by atoms with E-state index >= 15 is 0 Å². The van der Waals surface area contributed by atoms with Gasteiger partial charge in [0.25, 0.3) is 0 Å². The Kier molecular flexibility index (Phi) is 3.92. The van der Waals surface area contributed by atoms with Crippen molar-refractivity contribution in [2.24, 2.45) is 5.92 Å². The molecule has 15 heavy (non-hydrogen) atoms. The second-order valence-electron chi connectivity index (χ2n) is 4.47. The topological polar surface area (TPSA) is 32.3 Å². The van der Waals surface area contributed by atoms with E-state index in [9.17, 15) is 4.79 Å². The number of carbonyl (C=O) groups is 1. The fourth-order valence-corrected chi connectivity index (χ4v) is 3.31. The highest BCUT2D eigenvalue weighted by Gasteiger charge is 2.29. The van der Waals surface area contributed by atoms with E-state index in [-0.39, 0.29) is 6.04 Å². The Morgan fingerprint density at radius 2 is 2.47 bits per heavy atom. The molecular weight excluding hydrogens is 208 g/mol. The monoisotopic (exact) mass is 228 g/mol. The van der Waals surface area contributed by atoms with Gasteiger partial charge in [0.1, 0.15) is 0 Å². The molecule has 2 fully saturated rings. The third-order valence-electron chi connectivity index (χ3n) is 3.42. The van der Waals surface area contributed by atoms with E-state index in [1.807, 2.05) is 11.8 Å². The summed E-state index contributed by atoms with van der Waals surface area (Å²) in [6, 6.07) is 0.0885. The first-order chi connectivity index (χ1) is 7.31. The van der Waals surface area contributed by atoms with Crippen molar-refractivity contribution >= 4 is 17.7 Å². The molecule has 0 radical (unpaired) electrons. The summed E-state index contributed by atoms with van der Waals surface area (Å²) in [5, 5.41) is 3.26. The summed E-state index contributed by atoms with van der Waals surface area (Å²) >= 11 is 1.82. The predicted octanol–water partition coefficient (Wildman–Crippen LogP) is 1.30. The molecule has 4 heteroatoms. The van der Waals surface area contributed by atoms with Crippen LogP contribution >= 0.6 is 11.8 Å². The molecule has 0 aromatic carbocycles. The lowest BCUT2D eigenvalue weighted by molar-refractivity contribution is -0.134. The lowest BCUT2D eigenvalue weighted by Gasteiger charge is -2.33. The smallest absolute Gasteiger partial charge is 0.240 e. The molecule has 2 aliphatic heterocycles. The summed E-state index contributed by atoms with van der Waals surface area (Å²) in [5.41, 5.74) is 0. The summed E-state index contributed by atoms with van der Waals surface area (Å²) < 4.78 is 0. The van der Waals surface area contributed by atoms with Crippen LogP contribution in [0.4, 0.5) is 0 Å². The van der Waals surface area contributed by atoms with Crippen molar-refractivity contribution in [2.75, 3.05) is 24.7 Å². The Morgan fingerprint density at radius 3 is 3.13 bits per heavy atom. The van der Waals surface area contributed by atoms with Gasteiger partial charge in [-0.15, -0.1) is 11.8 Å². The Hall–Kier alpha value is -0.220. The maximum absolute atomic E-state index is 12.1. The molecule has 0 aromatic heterocycles. The van der Waals surface area contributed by atoms with Gasteiger partial charge in [0.15, 0.2) is 0 Å². The number of carbonyl (C=O) groups excluding carboxylic acids is 1. The minimum Gasteiger partial charge on any atom is -0.341 e. The minimum atomic E-state index is 0.0885. The van der Waals surface area contributed by atoms with Gasteiger partial charge in [0, 0.05) is 24.7 Å². The van der Waals surface area contributed by atoms with Crippen LogP contribution in [-0.2, 0) is 4.79 Å². The van der Waals surface area contributed by atoms with E-state index in [0.717, 1.165) is 30.6 Å². The van der Waals surface area contributed by atoms with Crippen LogP contribution in [0.25, 0.3) is 0 Å². The molecular formula is C11H20N2OS. The van der Waals surface area contributed by atoms with Crippen molar-refractivity contribution < 1.29 is 4.79 Å². The normalized spacial score (nSPS) is 31.9. The van der Waals surface area contributed by atoms with E-state index in [1.54, 1.807) is 0 Å². The zero-order valence-electron chi connectivity index (χ0n) is 9.37. The van der Waals surface area contributed by atoms with E-state index in [0.29, 0.717) is 5.91 Å². The third-order valence-corrected chi connectivity index (χ3v) is 4.36.